The standard InChI is InChI=1S/C15H20ClF/c1-9-8-10(6-7-11(9)17)12(16)13-14(2,3)15(13,4)5/h6-8,12-13H,1-5H3. The average Bonchev–Trinajstić information content (AvgIpc) is 2.61. The van der Waals surface area contributed by atoms with Crippen molar-refractivity contribution in [1.82, 2.24) is 0 Å². The molecule has 1 saturated carbocycles. The Hall–Kier alpha value is -0.560. The van der Waals surface area contributed by atoms with E-state index in [-0.39, 0.29) is 22.0 Å². The van der Waals surface area contributed by atoms with Crippen molar-refractivity contribution < 1.29 is 4.39 Å². The Labute approximate surface area is 108 Å². The van der Waals surface area contributed by atoms with Crippen LogP contribution in [0.2, 0.25) is 0 Å². The van der Waals surface area contributed by atoms with Crippen LogP contribution in [0.3, 0.4) is 0 Å². The van der Waals surface area contributed by atoms with E-state index in [2.05, 4.69) is 27.7 Å². The SMILES string of the molecule is Cc1cc(C(Cl)C2C(C)(C)C2(C)C)ccc1F. The Morgan fingerprint density at radius 3 is 2.12 bits per heavy atom. The molecule has 0 amide bonds. The van der Waals surface area contributed by atoms with Gasteiger partial charge in [-0.15, -0.1) is 11.6 Å². The van der Waals surface area contributed by atoms with Crippen LogP contribution in [0.25, 0.3) is 0 Å². The molecule has 0 aromatic heterocycles. The number of benzene rings is 1. The van der Waals surface area contributed by atoms with Crippen molar-refractivity contribution in [2.45, 2.75) is 40.0 Å². The van der Waals surface area contributed by atoms with Gasteiger partial charge in [-0.25, -0.2) is 4.39 Å². The predicted molar refractivity (Wildman–Crippen MR) is 70.8 cm³/mol. The minimum absolute atomic E-state index is 0.0284. The van der Waals surface area contributed by atoms with Crippen LogP contribution in [-0.4, -0.2) is 0 Å². The van der Waals surface area contributed by atoms with Crippen LogP contribution >= 0.6 is 11.6 Å². The van der Waals surface area contributed by atoms with E-state index in [1.54, 1.807) is 6.92 Å². The highest BCUT2D eigenvalue weighted by atomic mass is 35.5. The van der Waals surface area contributed by atoms with Crippen molar-refractivity contribution in [2.24, 2.45) is 16.7 Å². The van der Waals surface area contributed by atoms with Crippen molar-refractivity contribution >= 4 is 11.6 Å². The van der Waals surface area contributed by atoms with Crippen molar-refractivity contribution in [1.29, 1.82) is 0 Å². The molecule has 2 heteroatoms. The quantitative estimate of drug-likeness (QED) is 0.645. The van der Waals surface area contributed by atoms with Crippen LogP contribution in [0.15, 0.2) is 18.2 Å². The zero-order chi connectivity index (χ0) is 13.0. The zero-order valence-corrected chi connectivity index (χ0v) is 11.9. The van der Waals surface area contributed by atoms with Crippen molar-refractivity contribution in [2.75, 3.05) is 0 Å². The van der Waals surface area contributed by atoms with Gasteiger partial charge >= 0.3 is 0 Å². The second-order valence-corrected chi connectivity index (χ2v) is 6.80. The molecule has 0 N–H and O–H groups in total. The molecule has 1 aromatic carbocycles. The zero-order valence-electron chi connectivity index (χ0n) is 11.1. The molecule has 0 spiro atoms. The topological polar surface area (TPSA) is 0 Å². The Bertz CT molecular complexity index is 434. The third kappa shape index (κ3) is 1.79. The van der Waals surface area contributed by atoms with Gasteiger partial charge in [0.25, 0.3) is 0 Å². The summed E-state index contributed by atoms with van der Waals surface area (Å²) in [5.41, 5.74) is 2.21. The maximum atomic E-state index is 13.2. The molecule has 1 unspecified atom stereocenters. The van der Waals surface area contributed by atoms with Crippen LogP contribution < -0.4 is 0 Å². The summed E-state index contributed by atoms with van der Waals surface area (Å²) >= 11 is 6.57. The molecule has 1 aliphatic rings. The first-order chi connectivity index (χ1) is 7.69. The molecule has 17 heavy (non-hydrogen) atoms. The highest BCUT2D eigenvalue weighted by molar-refractivity contribution is 6.21. The van der Waals surface area contributed by atoms with Crippen LogP contribution in [-0.2, 0) is 0 Å². The second-order valence-electron chi connectivity index (χ2n) is 6.33. The van der Waals surface area contributed by atoms with E-state index >= 15 is 0 Å². The van der Waals surface area contributed by atoms with Crippen LogP contribution in [0, 0.1) is 29.5 Å². The summed E-state index contributed by atoms with van der Waals surface area (Å²) in [6.07, 6.45) is 0. The van der Waals surface area contributed by atoms with Crippen molar-refractivity contribution in [3.63, 3.8) is 0 Å². The molecule has 1 aromatic rings. The highest BCUT2D eigenvalue weighted by Crippen LogP contribution is 2.73. The normalized spacial score (nSPS) is 23.5. The molecule has 0 aliphatic heterocycles. The summed E-state index contributed by atoms with van der Waals surface area (Å²) in [6, 6.07) is 5.20. The Kier molecular flexibility index (Phi) is 2.82. The summed E-state index contributed by atoms with van der Waals surface area (Å²) in [6.45, 7) is 10.8. The molecular formula is C15H20ClF. The predicted octanol–water partition coefficient (Wildman–Crippen LogP) is 5.10. The fraction of sp³-hybridized carbons (Fsp3) is 0.600. The van der Waals surface area contributed by atoms with E-state index in [0.29, 0.717) is 11.5 Å². The summed E-state index contributed by atoms with van der Waals surface area (Å²) < 4.78 is 13.2. The van der Waals surface area contributed by atoms with Gasteiger partial charge in [0.1, 0.15) is 5.82 Å². The Morgan fingerprint density at radius 2 is 1.71 bits per heavy atom. The number of halogens is 2. The molecule has 1 atom stereocenters. The molecule has 0 saturated heterocycles. The number of hydrogen-bond donors (Lipinski definition) is 0. The van der Waals surface area contributed by atoms with Crippen LogP contribution in [0.4, 0.5) is 4.39 Å². The van der Waals surface area contributed by atoms with E-state index < -0.39 is 0 Å². The van der Waals surface area contributed by atoms with Gasteiger partial charge in [-0.3, -0.25) is 0 Å². The van der Waals surface area contributed by atoms with Gasteiger partial charge in [0.15, 0.2) is 0 Å². The maximum absolute atomic E-state index is 13.2. The molecular weight excluding hydrogens is 235 g/mol. The Balaban J connectivity index is 2.28. The number of aryl methyl sites for hydroxylation is 1. The lowest BCUT2D eigenvalue weighted by Gasteiger charge is -2.13. The molecule has 1 fully saturated rings. The fourth-order valence-electron chi connectivity index (χ4n) is 3.01. The molecule has 0 heterocycles. The largest absolute Gasteiger partial charge is 0.207 e. The Morgan fingerprint density at radius 1 is 1.18 bits per heavy atom. The molecule has 0 radical (unpaired) electrons. The number of rotatable bonds is 2. The minimum atomic E-state index is -0.160. The minimum Gasteiger partial charge on any atom is -0.207 e. The first-order valence-corrected chi connectivity index (χ1v) is 6.53. The van der Waals surface area contributed by atoms with E-state index in [1.165, 1.54) is 6.07 Å². The lowest BCUT2D eigenvalue weighted by Crippen LogP contribution is -2.00. The van der Waals surface area contributed by atoms with Gasteiger partial charge in [0, 0.05) is 0 Å². The molecule has 0 nitrogen and oxygen atoms in total. The number of alkyl halides is 1. The molecule has 2 rings (SSSR count). The van der Waals surface area contributed by atoms with Gasteiger partial charge < -0.3 is 0 Å². The summed E-state index contributed by atoms with van der Waals surface area (Å²) in [7, 11) is 0. The van der Waals surface area contributed by atoms with Gasteiger partial charge in [-0.2, -0.15) is 0 Å². The van der Waals surface area contributed by atoms with Gasteiger partial charge in [-0.1, -0.05) is 39.8 Å². The third-order valence-corrected chi connectivity index (χ3v) is 5.43. The third-order valence-electron chi connectivity index (χ3n) is 4.93. The van der Waals surface area contributed by atoms with E-state index in [0.717, 1.165) is 5.56 Å². The van der Waals surface area contributed by atoms with Crippen LogP contribution in [0.5, 0.6) is 0 Å². The average molecular weight is 255 g/mol. The second kappa shape index (κ2) is 3.71. The first kappa shape index (κ1) is 12.9. The molecule has 1 aliphatic carbocycles. The lowest BCUT2D eigenvalue weighted by molar-refractivity contribution is 0.457. The maximum Gasteiger partial charge on any atom is 0.126 e. The monoisotopic (exact) mass is 254 g/mol. The number of hydrogen-bond acceptors (Lipinski definition) is 0. The first-order valence-electron chi connectivity index (χ1n) is 6.09. The van der Waals surface area contributed by atoms with E-state index in [1.807, 2.05) is 12.1 Å². The highest BCUT2D eigenvalue weighted by Gasteiger charge is 2.67. The van der Waals surface area contributed by atoms with E-state index in [4.69, 9.17) is 11.6 Å². The van der Waals surface area contributed by atoms with Gasteiger partial charge in [0.2, 0.25) is 0 Å². The van der Waals surface area contributed by atoms with Crippen LogP contribution in [0.1, 0.15) is 44.2 Å². The fourth-order valence-corrected chi connectivity index (χ4v) is 3.78. The van der Waals surface area contributed by atoms with Crippen molar-refractivity contribution in [3.8, 4) is 0 Å². The summed E-state index contributed by atoms with van der Waals surface area (Å²) in [5.74, 6) is 0.286. The van der Waals surface area contributed by atoms with Gasteiger partial charge in [0.05, 0.1) is 5.38 Å². The molecule has 94 valence electrons. The molecule has 0 bridgehead atoms. The summed E-state index contributed by atoms with van der Waals surface area (Å²) in [4.78, 5) is 0. The lowest BCUT2D eigenvalue weighted by atomic mass is 10.0. The smallest absolute Gasteiger partial charge is 0.126 e. The van der Waals surface area contributed by atoms with Gasteiger partial charge in [-0.05, 0) is 40.9 Å². The van der Waals surface area contributed by atoms with Crippen molar-refractivity contribution in [3.05, 3.63) is 35.1 Å². The van der Waals surface area contributed by atoms with E-state index in [9.17, 15) is 4.39 Å². The summed E-state index contributed by atoms with van der Waals surface area (Å²) in [5, 5.41) is -0.0284.